The van der Waals surface area contributed by atoms with Crippen molar-refractivity contribution in [3.8, 4) is 11.5 Å². The van der Waals surface area contributed by atoms with Gasteiger partial charge in [-0.15, -0.1) is 0 Å². The third-order valence-corrected chi connectivity index (χ3v) is 5.30. The highest BCUT2D eigenvalue weighted by molar-refractivity contribution is 6.33. The van der Waals surface area contributed by atoms with Crippen LogP contribution in [0.15, 0.2) is 52.9 Å². The molecule has 4 rings (SSSR count). The zero-order valence-corrected chi connectivity index (χ0v) is 15.3. The van der Waals surface area contributed by atoms with Crippen molar-refractivity contribution in [2.24, 2.45) is 0 Å². The van der Waals surface area contributed by atoms with E-state index in [1.165, 1.54) is 12.1 Å². The van der Waals surface area contributed by atoms with Crippen LogP contribution in [0.5, 0.6) is 0 Å². The molecule has 0 saturated carbocycles. The molecular weight excluding hydrogens is 351 g/mol. The predicted octanol–water partition coefficient (Wildman–Crippen LogP) is 5.78. The van der Waals surface area contributed by atoms with Gasteiger partial charge in [-0.2, -0.15) is 0 Å². The highest BCUT2D eigenvalue weighted by Gasteiger charge is 2.27. The third-order valence-electron chi connectivity index (χ3n) is 4.97. The van der Waals surface area contributed by atoms with Crippen LogP contribution >= 0.6 is 11.6 Å². The Bertz CT molecular complexity index is 907. The summed E-state index contributed by atoms with van der Waals surface area (Å²) in [5.74, 6) is 1.17. The largest absolute Gasteiger partial charge is 0.441 e. The molecule has 1 aromatic heterocycles. The molecule has 5 heteroatoms. The minimum Gasteiger partial charge on any atom is -0.441 e. The number of hydrogen-bond acceptors (Lipinski definition) is 3. The second-order valence-corrected chi connectivity index (χ2v) is 7.09. The summed E-state index contributed by atoms with van der Waals surface area (Å²) in [6.45, 7) is 3.64. The lowest BCUT2D eigenvalue weighted by Gasteiger charge is -2.24. The van der Waals surface area contributed by atoms with Crippen LogP contribution in [-0.2, 0) is 6.54 Å². The van der Waals surface area contributed by atoms with Gasteiger partial charge in [0.2, 0.25) is 5.89 Å². The Balaban J connectivity index is 1.57. The third kappa shape index (κ3) is 3.39. The molecule has 0 amide bonds. The molecule has 0 aliphatic carbocycles. The molecule has 1 fully saturated rings. The summed E-state index contributed by atoms with van der Waals surface area (Å²) in [6, 6.07) is 14.7. The van der Waals surface area contributed by atoms with Gasteiger partial charge in [-0.3, -0.25) is 4.90 Å². The van der Waals surface area contributed by atoms with Crippen molar-refractivity contribution in [2.45, 2.75) is 32.4 Å². The number of aryl methyl sites for hydroxylation is 1. The van der Waals surface area contributed by atoms with E-state index in [2.05, 4.69) is 4.90 Å². The van der Waals surface area contributed by atoms with Crippen LogP contribution in [-0.4, -0.2) is 16.4 Å². The van der Waals surface area contributed by atoms with E-state index >= 15 is 0 Å². The quantitative estimate of drug-likeness (QED) is 0.583. The molecule has 0 N–H and O–H groups in total. The fraction of sp³-hybridized carbons (Fsp3) is 0.286. The van der Waals surface area contributed by atoms with Crippen molar-refractivity contribution in [3.05, 3.63) is 76.4 Å². The van der Waals surface area contributed by atoms with Crippen molar-refractivity contribution in [1.29, 1.82) is 0 Å². The van der Waals surface area contributed by atoms with Crippen molar-refractivity contribution in [1.82, 2.24) is 9.88 Å². The first kappa shape index (κ1) is 17.3. The molecular formula is C21H20ClFN2O. The molecule has 134 valence electrons. The maximum atomic E-state index is 13.2. The van der Waals surface area contributed by atoms with Gasteiger partial charge in [0.25, 0.3) is 0 Å². The van der Waals surface area contributed by atoms with Gasteiger partial charge in [-0.05, 0) is 56.1 Å². The van der Waals surface area contributed by atoms with Crippen LogP contribution in [0.1, 0.15) is 35.9 Å². The van der Waals surface area contributed by atoms with Gasteiger partial charge in [-0.1, -0.05) is 35.9 Å². The first-order valence-electron chi connectivity index (χ1n) is 8.82. The molecule has 0 spiro atoms. The van der Waals surface area contributed by atoms with E-state index in [0.717, 1.165) is 42.0 Å². The first-order chi connectivity index (χ1) is 12.6. The van der Waals surface area contributed by atoms with Crippen LogP contribution in [0.2, 0.25) is 5.02 Å². The molecule has 1 atom stereocenters. The predicted molar refractivity (Wildman–Crippen MR) is 100 cm³/mol. The van der Waals surface area contributed by atoms with Crippen LogP contribution in [0.25, 0.3) is 11.5 Å². The lowest BCUT2D eigenvalue weighted by molar-refractivity contribution is 0.244. The normalized spacial score (nSPS) is 17.7. The second-order valence-electron chi connectivity index (χ2n) is 6.68. The minimum absolute atomic E-state index is 0.199. The molecule has 0 bridgehead atoms. The topological polar surface area (TPSA) is 29.3 Å². The van der Waals surface area contributed by atoms with Gasteiger partial charge in [0.15, 0.2) is 0 Å². The van der Waals surface area contributed by atoms with Crippen LogP contribution < -0.4 is 0 Å². The molecule has 2 aromatic carbocycles. The Morgan fingerprint density at radius 1 is 1.19 bits per heavy atom. The van der Waals surface area contributed by atoms with E-state index in [4.69, 9.17) is 21.0 Å². The Labute approximate surface area is 157 Å². The smallest absolute Gasteiger partial charge is 0.228 e. The van der Waals surface area contributed by atoms with Gasteiger partial charge in [0, 0.05) is 12.6 Å². The number of benzene rings is 2. The molecule has 1 saturated heterocycles. The fourth-order valence-corrected chi connectivity index (χ4v) is 3.81. The second kappa shape index (κ2) is 7.22. The Morgan fingerprint density at radius 3 is 2.73 bits per heavy atom. The zero-order chi connectivity index (χ0) is 18.1. The number of oxazole rings is 1. The number of likely N-dealkylation sites (tertiary alicyclic amines) is 1. The minimum atomic E-state index is -0.199. The summed E-state index contributed by atoms with van der Waals surface area (Å²) in [7, 11) is 0. The average molecular weight is 371 g/mol. The highest BCUT2D eigenvalue weighted by atomic mass is 35.5. The van der Waals surface area contributed by atoms with Crippen molar-refractivity contribution >= 4 is 11.6 Å². The standard InChI is InChI=1S/C21H20ClFN2O/c1-14-19(24-21(26-14)17-5-2-3-6-18(17)22)13-25-12-4-7-20(25)15-8-10-16(23)11-9-15/h2-3,5-6,8-11,20H,4,7,12-13H2,1H3/t20-/m1/s1. The molecule has 1 aliphatic heterocycles. The maximum absolute atomic E-state index is 13.2. The summed E-state index contributed by atoms with van der Waals surface area (Å²) in [4.78, 5) is 7.08. The Hall–Kier alpha value is -2.17. The van der Waals surface area contributed by atoms with Crippen LogP contribution in [0, 0.1) is 12.7 Å². The van der Waals surface area contributed by atoms with Gasteiger partial charge in [0.1, 0.15) is 11.6 Å². The van der Waals surface area contributed by atoms with E-state index in [0.29, 0.717) is 17.5 Å². The van der Waals surface area contributed by atoms with E-state index < -0.39 is 0 Å². The number of aromatic nitrogens is 1. The van der Waals surface area contributed by atoms with Gasteiger partial charge in [0.05, 0.1) is 16.3 Å². The molecule has 3 nitrogen and oxygen atoms in total. The van der Waals surface area contributed by atoms with Crippen molar-refractivity contribution in [2.75, 3.05) is 6.54 Å². The summed E-state index contributed by atoms with van der Waals surface area (Å²) >= 11 is 6.27. The van der Waals surface area contributed by atoms with Gasteiger partial charge < -0.3 is 4.42 Å². The lowest BCUT2D eigenvalue weighted by Crippen LogP contribution is -2.23. The van der Waals surface area contributed by atoms with E-state index in [-0.39, 0.29) is 11.9 Å². The summed E-state index contributed by atoms with van der Waals surface area (Å²) in [6.07, 6.45) is 2.19. The first-order valence-corrected chi connectivity index (χ1v) is 9.20. The van der Waals surface area contributed by atoms with E-state index in [1.807, 2.05) is 43.3 Å². The average Bonchev–Trinajstić information content (AvgIpc) is 3.24. The number of nitrogens with zero attached hydrogens (tertiary/aromatic N) is 2. The summed E-state index contributed by atoms with van der Waals surface area (Å²) < 4.78 is 19.1. The summed E-state index contributed by atoms with van der Waals surface area (Å²) in [5.41, 5.74) is 2.88. The SMILES string of the molecule is Cc1oc(-c2ccccc2Cl)nc1CN1CCC[C@@H]1c1ccc(F)cc1. The molecule has 0 radical (unpaired) electrons. The zero-order valence-electron chi connectivity index (χ0n) is 14.6. The summed E-state index contributed by atoms with van der Waals surface area (Å²) in [5, 5.41) is 0.630. The molecule has 26 heavy (non-hydrogen) atoms. The maximum Gasteiger partial charge on any atom is 0.228 e. The van der Waals surface area contributed by atoms with Crippen molar-refractivity contribution in [3.63, 3.8) is 0 Å². The molecule has 0 unspecified atom stereocenters. The van der Waals surface area contributed by atoms with Crippen molar-refractivity contribution < 1.29 is 8.81 Å². The van der Waals surface area contributed by atoms with Crippen LogP contribution in [0.3, 0.4) is 0 Å². The Morgan fingerprint density at radius 2 is 1.96 bits per heavy atom. The Kier molecular flexibility index (Phi) is 4.79. The van der Waals surface area contributed by atoms with Crippen LogP contribution in [0.4, 0.5) is 4.39 Å². The number of halogens is 2. The van der Waals surface area contributed by atoms with E-state index in [1.54, 1.807) is 0 Å². The lowest BCUT2D eigenvalue weighted by atomic mass is 10.0. The number of rotatable bonds is 4. The monoisotopic (exact) mass is 370 g/mol. The van der Waals surface area contributed by atoms with E-state index in [9.17, 15) is 4.39 Å². The highest BCUT2D eigenvalue weighted by Crippen LogP contribution is 2.34. The molecule has 3 aromatic rings. The number of hydrogen-bond donors (Lipinski definition) is 0. The fourth-order valence-electron chi connectivity index (χ4n) is 3.59. The molecule has 2 heterocycles. The van der Waals surface area contributed by atoms with Gasteiger partial charge >= 0.3 is 0 Å². The molecule has 1 aliphatic rings. The van der Waals surface area contributed by atoms with Gasteiger partial charge in [-0.25, -0.2) is 9.37 Å².